The monoisotopic (exact) mass is 278 g/mol. The van der Waals surface area contributed by atoms with E-state index in [1.165, 1.54) is 0 Å². The molecule has 112 valence electrons. The highest BCUT2D eigenvalue weighted by molar-refractivity contribution is 5.79. The third-order valence-electron chi connectivity index (χ3n) is 3.65. The third kappa shape index (κ3) is 3.97. The molecule has 0 aliphatic carbocycles. The van der Waals surface area contributed by atoms with Crippen LogP contribution in [0.1, 0.15) is 25.0 Å². The maximum absolute atomic E-state index is 12.4. The number of hydrogen-bond acceptors (Lipinski definition) is 3. The molecule has 0 spiro atoms. The predicted octanol–water partition coefficient (Wildman–Crippen LogP) is 1.99. The van der Waals surface area contributed by atoms with Gasteiger partial charge in [0.15, 0.2) is 0 Å². The lowest BCUT2D eigenvalue weighted by molar-refractivity contribution is -0.134. The fourth-order valence-electron chi connectivity index (χ4n) is 2.42. The van der Waals surface area contributed by atoms with Crippen molar-refractivity contribution < 1.29 is 9.53 Å². The lowest BCUT2D eigenvalue weighted by atomic mass is 9.96. The Balaban J connectivity index is 2.83. The Morgan fingerprint density at radius 2 is 2.00 bits per heavy atom. The molecule has 20 heavy (non-hydrogen) atoms. The lowest BCUT2D eigenvalue weighted by Crippen LogP contribution is -2.39. The van der Waals surface area contributed by atoms with Gasteiger partial charge in [-0.1, -0.05) is 12.1 Å². The van der Waals surface area contributed by atoms with Crippen LogP contribution in [-0.2, 0) is 11.2 Å². The Labute approximate surface area is 121 Å². The van der Waals surface area contributed by atoms with Gasteiger partial charge >= 0.3 is 0 Å². The van der Waals surface area contributed by atoms with E-state index < -0.39 is 0 Å². The average molecular weight is 278 g/mol. The van der Waals surface area contributed by atoms with Crippen LogP contribution < -0.4 is 10.5 Å². The van der Waals surface area contributed by atoms with Crippen molar-refractivity contribution in [1.29, 1.82) is 0 Å². The molecular weight excluding hydrogens is 252 g/mol. The molecule has 0 fully saturated rings. The van der Waals surface area contributed by atoms with Crippen LogP contribution in [0.2, 0.25) is 0 Å². The highest BCUT2D eigenvalue weighted by Crippen LogP contribution is 2.20. The quantitative estimate of drug-likeness (QED) is 0.830. The second kappa shape index (κ2) is 7.90. The number of nitrogens with two attached hydrogens (primary N) is 1. The van der Waals surface area contributed by atoms with Crippen molar-refractivity contribution in [3.8, 4) is 5.75 Å². The Morgan fingerprint density at radius 3 is 2.45 bits per heavy atom. The molecule has 1 aromatic rings. The van der Waals surface area contributed by atoms with E-state index in [2.05, 4.69) is 6.07 Å². The minimum Gasteiger partial charge on any atom is -0.496 e. The van der Waals surface area contributed by atoms with Gasteiger partial charge in [0.05, 0.1) is 13.0 Å². The van der Waals surface area contributed by atoms with Crippen LogP contribution in [0, 0.1) is 12.8 Å². The summed E-state index contributed by atoms with van der Waals surface area (Å²) < 4.78 is 5.25. The molecule has 1 rings (SSSR count). The molecule has 4 heteroatoms. The van der Waals surface area contributed by atoms with Gasteiger partial charge in [0.2, 0.25) is 5.91 Å². The maximum atomic E-state index is 12.4. The molecule has 0 aromatic heterocycles. The zero-order valence-corrected chi connectivity index (χ0v) is 13.0. The molecule has 0 saturated carbocycles. The fraction of sp³-hybridized carbons (Fsp3) is 0.562. The molecule has 0 bridgehead atoms. The SMILES string of the molecule is CCN(CC)C(=O)C(CN)Cc1ccc(OC)c(C)c1. The van der Waals surface area contributed by atoms with Crippen molar-refractivity contribution in [2.24, 2.45) is 11.7 Å². The number of aryl methyl sites for hydroxylation is 1. The predicted molar refractivity (Wildman–Crippen MR) is 81.9 cm³/mol. The topological polar surface area (TPSA) is 55.6 Å². The second-order valence-corrected chi connectivity index (χ2v) is 4.95. The van der Waals surface area contributed by atoms with Gasteiger partial charge in [0.1, 0.15) is 5.75 Å². The number of benzene rings is 1. The minimum absolute atomic E-state index is 0.144. The molecule has 1 amide bonds. The summed E-state index contributed by atoms with van der Waals surface area (Å²) in [5.74, 6) is 0.863. The summed E-state index contributed by atoms with van der Waals surface area (Å²) in [6.45, 7) is 7.83. The first-order valence-electron chi connectivity index (χ1n) is 7.19. The molecule has 0 radical (unpaired) electrons. The zero-order chi connectivity index (χ0) is 15.1. The number of methoxy groups -OCH3 is 1. The maximum Gasteiger partial charge on any atom is 0.227 e. The van der Waals surface area contributed by atoms with Gasteiger partial charge < -0.3 is 15.4 Å². The van der Waals surface area contributed by atoms with Crippen LogP contribution >= 0.6 is 0 Å². The van der Waals surface area contributed by atoms with Crippen LogP contribution in [0.3, 0.4) is 0 Å². The molecule has 1 aromatic carbocycles. The number of carbonyl (C=O) groups excluding carboxylic acids is 1. The highest BCUT2D eigenvalue weighted by atomic mass is 16.5. The van der Waals surface area contributed by atoms with Crippen molar-refractivity contribution in [3.63, 3.8) is 0 Å². The van der Waals surface area contributed by atoms with Crippen LogP contribution in [-0.4, -0.2) is 37.6 Å². The molecule has 1 atom stereocenters. The van der Waals surface area contributed by atoms with Gasteiger partial charge in [0, 0.05) is 19.6 Å². The van der Waals surface area contributed by atoms with Crippen molar-refractivity contribution >= 4 is 5.91 Å². The first-order valence-corrected chi connectivity index (χ1v) is 7.19. The smallest absolute Gasteiger partial charge is 0.227 e. The van der Waals surface area contributed by atoms with Crippen LogP contribution in [0.15, 0.2) is 18.2 Å². The number of hydrogen-bond donors (Lipinski definition) is 1. The van der Waals surface area contributed by atoms with E-state index in [1.807, 2.05) is 37.8 Å². The number of nitrogens with zero attached hydrogens (tertiary/aromatic N) is 1. The van der Waals surface area contributed by atoms with E-state index in [9.17, 15) is 4.79 Å². The molecule has 0 aliphatic rings. The summed E-state index contributed by atoms with van der Waals surface area (Å²) in [4.78, 5) is 14.2. The number of ether oxygens (including phenoxy) is 1. The van der Waals surface area contributed by atoms with E-state index in [4.69, 9.17) is 10.5 Å². The van der Waals surface area contributed by atoms with E-state index in [-0.39, 0.29) is 11.8 Å². The van der Waals surface area contributed by atoms with Crippen LogP contribution in [0.4, 0.5) is 0 Å². The van der Waals surface area contributed by atoms with Crippen molar-refractivity contribution in [3.05, 3.63) is 29.3 Å². The first-order chi connectivity index (χ1) is 9.57. The molecule has 0 heterocycles. The summed E-state index contributed by atoms with van der Waals surface area (Å²) in [5.41, 5.74) is 7.99. The summed E-state index contributed by atoms with van der Waals surface area (Å²) in [7, 11) is 1.66. The number of rotatable bonds is 7. The van der Waals surface area contributed by atoms with Crippen molar-refractivity contribution in [2.75, 3.05) is 26.7 Å². The molecule has 4 nitrogen and oxygen atoms in total. The highest BCUT2D eigenvalue weighted by Gasteiger charge is 2.21. The Hall–Kier alpha value is -1.55. The van der Waals surface area contributed by atoms with E-state index in [0.29, 0.717) is 13.0 Å². The summed E-state index contributed by atoms with van der Waals surface area (Å²) in [6, 6.07) is 6.02. The minimum atomic E-state index is -0.150. The lowest BCUT2D eigenvalue weighted by Gasteiger charge is -2.24. The standard InChI is InChI=1S/C16H26N2O2/c1-5-18(6-2)16(19)14(11-17)10-13-7-8-15(20-4)12(3)9-13/h7-9,14H,5-6,10-11,17H2,1-4H3. The molecular formula is C16H26N2O2. The van der Waals surface area contributed by atoms with Gasteiger partial charge in [-0.15, -0.1) is 0 Å². The van der Waals surface area contributed by atoms with Crippen molar-refractivity contribution in [2.45, 2.75) is 27.2 Å². The summed E-state index contributed by atoms with van der Waals surface area (Å²) in [6.07, 6.45) is 0.677. The fourth-order valence-corrected chi connectivity index (χ4v) is 2.42. The third-order valence-corrected chi connectivity index (χ3v) is 3.65. The molecule has 1 unspecified atom stereocenters. The molecule has 0 saturated heterocycles. The Kier molecular flexibility index (Phi) is 6.52. The number of amides is 1. The van der Waals surface area contributed by atoms with E-state index >= 15 is 0 Å². The Bertz CT molecular complexity index is 442. The van der Waals surface area contributed by atoms with Gasteiger partial charge in [-0.2, -0.15) is 0 Å². The van der Waals surface area contributed by atoms with E-state index in [1.54, 1.807) is 7.11 Å². The first kappa shape index (κ1) is 16.5. The zero-order valence-electron chi connectivity index (χ0n) is 13.0. The molecule has 2 N–H and O–H groups in total. The second-order valence-electron chi connectivity index (χ2n) is 4.95. The van der Waals surface area contributed by atoms with Crippen LogP contribution in [0.5, 0.6) is 5.75 Å². The van der Waals surface area contributed by atoms with Crippen LogP contribution in [0.25, 0.3) is 0 Å². The van der Waals surface area contributed by atoms with Gasteiger partial charge in [0.25, 0.3) is 0 Å². The van der Waals surface area contributed by atoms with Gasteiger partial charge in [-0.3, -0.25) is 4.79 Å². The Morgan fingerprint density at radius 1 is 1.35 bits per heavy atom. The van der Waals surface area contributed by atoms with E-state index in [0.717, 1.165) is 30.0 Å². The summed E-state index contributed by atoms with van der Waals surface area (Å²) in [5, 5.41) is 0. The average Bonchev–Trinajstić information content (AvgIpc) is 2.46. The van der Waals surface area contributed by atoms with Crippen molar-refractivity contribution in [1.82, 2.24) is 4.90 Å². The largest absolute Gasteiger partial charge is 0.496 e. The van der Waals surface area contributed by atoms with Gasteiger partial charge in [-0.25, -0.2) is 0 Å². The number of carbonyl (C=O) groups is 1. The molecule has 0 aliphatic heterocycles. The normalized spacial score (nSPS) is 12.1. The van der Waals surface area contributed by atoms with Gasteiger partial charge in [-0.05, 0) is 44.4 Å². The summed E-state index contributed by atoms with van der Waals surface area (Å²) >= 11 is 0.